The number of hydrogen-bond acceptors (Lipinski definition) is 7. The van der Waals surface area contributed by atoms with Gasteiger partial charge < -0.3 is 22.1 Å². The summed E-state index contributed by atoms with van der Waals surface area (Å²) < 4.78 is 10.5. The largest absolute Gasteiger partial charge is 0.368 e. The van der Waals surface area contributed by atoms with E-state index < -0.39 is 7.37 Å². The van der Waals surface area contributed by atoms with Gasteiger partial charge in [0.2, 0.25) is 17.8 Å². The maximum Gasteiger partial charge on any atom is 0.226 e. The van der Waals surface area contributed by atoms with Crippen molar-refractivity contribution in [3.63, 3.8) is 0 Å². The molecule has 0 amide bonds. The van der Waals surface area contributed by atoms with Crippen LogP contribution in [-0.4, -0.2) is 49.5 Å². The standard InChI is InChI=1S/C4H11O2P.C3H6N6.Al.3H/c1-3-7(5,6)4-2;4-1-7-2(5)9-3(6)8-1;;;;/h3-4H2,1-2H3,(H,5,6);(H6,4,5,6,7,8,9);;;;. The Morgan fingerprint density at radius 3 is 1.35 bits per heavy atom. The van der Waals surface area contributed by atoms with Crippen molar-refractivity contribution in [2.45, 2.75) is 13.8 Å². The van der Waals surface area contributed by atoms with Gasteiger partial charge in [0.15, 0.2) is 24.7 Å². The van der Waals surface area contributed by atoms with Crippen LogP contribution in [0.2, 0.25) is 0 Å². The van der Waals surface area contributed by atoms with Gasteiger partial charge in [-0.05, 0) is 0 Å². The van der Waals surface area contributed by atoms with E-state index >= 15 is 0 Å². The van der Waals surface area contributed by atoms with Crippen molar-refractivity contribution < 1.29 is 9.46 Å². The molecular weight excluding hydrogens is 258 g/mol. The SMILES string of the molecule is CCP(=O)(O)CC.Nc1nc(N)nc(N)n1.[AlH3]. The molecule has 1 aromatic heterocycles. The van der Waals surface area contributed by atoms with Crippen LogP contribution in [0.25, 0.3) is 0 Å². The normalized spacial score (nSPS) is 9.82. The molecule has 17 heavy (non-hydrogen) atoms. The molecule has 0 atom stereocenters. The molecule has 98 valence electrons. The molecule has 0 aliphatic carbocycles. The summed E-state index contributed by atoms with van der Waals surface area (Å²) in [5.74, 6) is 0.125. The molecule has 0 radical (unpaired) electrons. The molecule has 0 bridgehead atoms. The number of nitrogens with zero attached hydrogens (tertiary/aromatic N) is 3. The Morgan fingerprint density at radius 1 is 1.00 bits per heavy atom. The molecular formula is C7H20AlN6O2P. The predicted octanol–water partition coefficient (Wildman–Crippen LogP) is -1.27. The van der Waals surface area contributed by atoms with Crippen LogP contribution >= 0.6 is 7.37 Å². The molecule has 8 nitrogen and oxygen atoms in total. The Bertz CT molecular complexity index is 332. The van der Waals surface area contributed by atoms with Gasteiger partial charge in [-0.25, -0.2) is 0 Å². The highest BCUT2D eigenvalue weighted by atomic mass is 31.2. The van der Waals surface area contributed by atoms with Gasteiger partial charge in [0.05, 0.1) is 0 Å². The predicted molar refractivity (Wildman–Crippen MR) is 73.9 cm³/mol. The third kappa shape index (κ3) is 8.89. The van der Waals surface area contributed by atoms with E-state index in [9.17, 15) is 4.57 Å². The van der Waals surface area contributed by atoms with Gasteiger partial charge in [0.1, 0.15) is 0 Å². The summed E-state index contributed by atoms with van der Waals surface area (Å²) in [5, 5.41) is 0. The van der Waals surface area contributed by atoms with E-state index in [1.807, 2.05) is 0 Å². The number of anilines is 3. The Balaban J connectivity index is 0. The fraction of sp³-hybridized carbons (Fsp3) is 0.571. The summed E-state index contributed by atoms with van der Waals surface area (Å²) in [6, 6.07) is 0. The highest BCUT2D eigenvalue weighted by molar-refractivity contribution is 7.57. The minimum absolute atomic E-state index is 0. The number of hydrogen-bond donors (Lipinski definition) is 4. The van der Waals surface area contributed by atoms with Crippen molar-refractivity contribution >= 4 is 42.6 Å². The van der Waals surface area contributed by atoms with Gasteiger partial charge in [0.25, 0.3) is 0 Å². The average molecular weight is 278 g/mol. The average Bonchev–Trinajstić information content (AvgIpc) is 2.16. The first-order valence-electron chi connectivity index (χ1n) is 4.64. The Morgan fingerprint density at radius 2 is 1.24 bits per heavy atom. The first-order valence-corrected chi connectivity index (χ1v) is 6.67. The summed E-state index contributed by atoms with van der Waals surface area (Å²) in [5.41, 5.74) is 15.4. The molecule has 1 heterocycles. The lowest BCUT2D eigenvalue weighted by molar-refractivity contribution is 0.481. The summed E-state index contributed by atoms with van der Waals surface area (Å²) in [7, 11) is -2.65. The number of nitrogen functional groups attached to an aromatic ring is 3. The van der Waals surface area contributed by atoms with Crippen LogP contribution in [-0.2, 0) is 4.57 Å². The van der Waals surface area contributed by atoms with Gasteiger partial charge in [-0.3, -0.25) is 4.57 Å². The van der Waals surface area contributed by atoms with E-state index in [2.05, 4.69) is 15.0 Å². The third-order valence-corrected chi connectivity index (χ3v) is 3.65. The van der Waals surface area contributed by atoms with Crippen LogP contribution in [0.4, 0.5) is 17.8 Å². The lowest BCUT2D eigenvalue weighted by Gasteiger charge is -2.01. The molecule has 1 aromatic rings. The van der Waals surface area contributed by atoms with Gasteiger partial charge >= 0.3 is 0 Å². The topological polar surface area (TPSA) is 154 Å². The zero-order valence-electron chi connectivity index (χ0n) is 9.29. The van der Waals surface area contributed by atoms with Crippen LogP contribution in [0.3, 0.4) is 0 Å². The second kappa shape index (κ2) is 8.26. The van der Waals surface area contributed by atoms with E-state index in [-0.39, 0.29) is 35.2 Å². The second-order valence-electron chi connectivity index (χ2n) is 2.89. The van der Waals surface area contributed by atoms with Crippen molar-refractivity contribution in [2.24, 2.45) is 0 Å². The van der Waals surface area contributed by atoms with E-state index in [1.165, 1.54) is 0 Å². The molecule has 0 saturated carbocycles. The smallest absolute Gasteiger partial charge is 0.226 e. The molecule has 0 aromatic carbocycles. The fourth-order valence-corrected chi connectivity index (χ4v) is 1.10. The van der Waals surface area contributed by atoms with Crippen molar-refractivity contribution in [1.82, 2.24) is 15.0 Å². The molecule has 1 rings (SSSR count). The molecule has 0 aliphatic rings. The molecule has 7 N–H and O–H groups in total. The van der Waals surface area contributed by atoms with Gasteiger partial charge in [-0.15, -0.1) is 0 Å². The van der Waals surface area contributed by atoms with Gasteiger partial charge in [-0.2, -0.15) is 15.0 Å². The third-order valence-electron chi connectivity index (χ3n) is 1.68. The maximum atomic E-state index is 10.5. The number of aromatic nitrogens is 3. The molecule has 0 fully saturated rings. The Labute approximate surface area is 111 Å². The number of rotatable bonds is 2. The van der Waals surface area contributed by atoms with Crippen molar-refractivity contribution in [3.05, 3.63) is 0 Å². The first-order chi connectivity index (χ1) is 7.30. The van der Waals surface area contributed by atoms with E-state index in [4.69, 9.17) is 22.1 Å². The molecule has 0 saturated heterocycles. The Kier molecular flexibility index (Phi) is 8.98. The van der Waals surface area contributed by atoms with Crippen LogP contribution in [0.1, 0.15) is 13.8 Å². The van der Waals surface area contributed by atoms with Gasteiger partial charge in [0, 0.05) is 12.3 Å². The minimum Gasteiger partial charge on any atom is -0.368 e. The van der Waals surface area contributed by atoms with Crippen LogP contribution in [0, 0.1) is 0 Å². The quantitative estimate of drug-likeness (QED) is 0.385. The van der Waals surface area contributed by atoms with Crippen LogP contribution in [0.15, 0.2) is 0 Å². The monoisotopic (exact) mass is 278 g/mol. The van der Waals surface area contributed by atoms with E-state index in [0.29, 0.717) is 12.3 Å². The van der Waals surface area contributed by atoms with E-state index in [1.54, 1.807) is 13.8 Å². The molecule has 0 unspecified atom stereocenters. The zero-order chi connectivity index (χ0) is 12.8. The highest BCUT2D eigenvalue weighted by Gasteiger charge is 2.08. The maximum absolute atomic E-state index is 10.5. The summed E-state index contributed by atoms with van der Waals surface area (Å²) in [4.78, 5) is 19.2. The zero-order valence-corrected chi connectivity index (χ0v) is 10.2. The van der Waals surface area contributed by atoms with Gasteiger partial charge in [-0.1, -0.05) is 13.8 Å². The second-order valence-corrected chi connectivity index (χ2v) is 5.85. The van der Waals surface area contributed by atoms with Crippen molar-refractivity contribution in [1.29, 1.82) is 0 Å². The molecule has 10 heteroatoms. The highest BCUT2D eigenvalue weighted by Crippen LogP contribution is 2.38. The van der Waals surface area contributed by atoms with Crippen LogP contribution < -0.4 is 17.2 Å². The first kappa shape index (κ1) is 18.5. The minimum atomic E-state index is -2.65. The van der Waals surface area contributed by atoms with Crippen molar-refractivity contribution in [2.75, 3.05) is 29.5 Å². The Hall–Kier alpha value is -0.868. The summed E-state index contributed by atoms with van der Waals surface area (Å²) >= 11 is 0. The number of nitrogens with two attached hydrogens (primary N) is 3. The summed E-state index contributed by atoms with van der Waals surface area (Å²) in [6.45, 7) is 3.45. The van der Waals surface area contributed by atoms with E-state index in [0.717, 1.165) is 0 Å². The lowest BCUT2D eigenvalue weighted by Crippen LogP contribution is -2.05. The molecule has 0 spiro atoms. The lowest BCUT2D eigenvalue weighted by atomic mass is 10.9. The summed E-state index contributed by atoms with van der Waals surface area (Å²) in [6.07, 6.45) is 0.812. The van der Waals surface area contributed by atoms with Crippen LogP contribution in [0.5, 0.6) is 0 Å². The fourth-order valence-electron chi connectivity index (χ4n) is 0.651. The molecule has 0 aliphatic heterocycles. The van der Waals surface area contributed by atoms with Crippen molar-refractivity contribution in [3.8, 4) is 0 Å².